The van der Waals surface area contributed by atoms with Crippen LogP contribution < -0.4 is 0 Å². The minimum absolute atomic E-state index is 0.227. The fourth-order valence-electron chi connectivity index (χ4n) is 1.12. The molecule has 1 heterocycles. The second kappa shape index (κ2) is 3.26. The maximum absolute atomic E-state index is 9.81. The topological polar surface area (TPSA) is 52.3 Å². The number of hydrogen-bond acceptors (Lipinski definition) is 4. The van der Waals surface area contributed by atoms with Crippen LogP contribution in [0.15, 0.2) is 28.9 Å². The summed E-state index contributed by atoms with van der Waals surface area (Å²) in [5.74, 6) is 0. The third-order valence-corrected chi connectivity index (χ3v) is 1.71. The molecular formula is C9H6NO3. The molecule has 0 spiro atoms. The number of rotatable bonds is 3. The first-order chi connectivity index (χ1) is 6.40. The number of ether oxygens (including phenoxy) is 1. The first kappa shape index (κ1) is 7.79. The Hall–Kier alpha value is -1.84. The summed E-state index contributed by atoms with van der Waals surface area (Å²) in [7, 11) is 0. The van der Waals surface area contributed by atoms with Crippen LogP contribution in [-0.2, 0) is 16.1 Å². The Morgan fingerprint density at radius 3 is 3.31 bits per heavy atom. The van der Waals surface area contributed by atoms with Crippen LogP contribution >= 0.6 is 0 Å². The van der Waals surface area contributed by atoms with Crippen LogP contribution in [-0.4, -0.2) is 11.6 Å². The second-order valence-electron chi connectivity index (χ2n) is 2.57. The van der Waals surface area contributed by atoms with Gasteiger partial charge in [0, 0.05) is 5.39 Å². The van der Waals surface area contributed by atoms with Gasteiger partial charge in [0.15, 0.2) is 5.58 Å². The van der Waals surface area contributed by atoms with Crippen LogP contribution in [0.1, 0.15) is 5.56 Å². The maximum atomic E-state index is 9.81. The van der Waals surface area contributed by atoms with Gasteiger partial charge in [0.25, 0.3) is 0 Å². The molecule has 13 heavy (non-hydrogen) atoms. The van der Waals surface area contributed by atoms with Crippen LogP contribution in [0.2, 0.25) is 0 Å². The van der Waals surface area contributed by atoms with Gasteiger partial charge in [-0.15, -0.1) is 0 Å². The first-order valence-electron chi connectivity index (χ1n) is 3.72. The molecule has 0 fully saturated rings. The highest BCUT2D eigenvalue weighted by Crippen LogP contribution is 2.15. The zero-order valence-corrected chi connectivity index (χ0v) is 6.69. The summed E-state index contributed by atoms with van der Waals surface area (Å²) in [5, 5.41) is 4.52. The SMILES string of the molecule is O=[C]OCc1ccc2oncc2c1. The molecule has 0 atom stereocenters. The Balaban J connectivity index is 2.31. The van der Waals surface area contributed by atoms with Crippen LogP contribution in [0.5, 0.6) is 0 Å². The Morgan fingerprint density at radius 1 is 1.54 bits per heavy atom. The number of carbonyl (C=O) groups excluding carboxylic acids is 1. The molecule has 2 rings (SSSR count). The fraction of sp³-hybridized carbons (Fsp3) is 0.111. The molecule has 0 aliphatic rings. The summed E-state index contributed by atoms with van der Waals surface area (Å²) in [6.45, 7) is 1.60. The van der Waals surface area contributed by atoms with E-state index in [4.69, 9.17) is 4.52 Å². The highest BCUT2D eigenvalue weighted by atomic mass is 16.5. The minimum Gasteiger partial charge on any atom is -0.452 e. The van der Waals surface area contributed by atoms with E-state index in [0.717, 1.165) is 16.5 Å². The van der Waals surface area contributed by atoms with Crippen LogP contribution in [0, 0.1) is 0 Å². The molecule has 1 aromatic carbocycles. The standard InChI is InChI=1S/C9H6NO3/c11-6-12-5-7-1-2-9-8(3-7)4-10-13-9/h1-4H,5H2. The predicted molar refractivity (Wildman–Crippen MR) is 44.5 cm³/mol. The van der Waals surface area contributed by atoms with E-state index < -0.39 is 0 Å². The van der Waals surface area contributed by atoms with E-state index in [1.807, 2.05) is 12.1 Å². The number of hydrogen-bond donors (Lipinski definition) is 0. The van der Waals surface area contributed by atoms with E-state index in [0.29, 0.717) is 0 Å². The molecule has 0 N–H and O–H groups in total. The molecule has 0 unspecified atom stereocenters. The lowest BCUT2D eigenvalue weighted by Gasteiger charge is -1.96. The first-order valence-corrected chi connectivity index (χ1v) is 3.72. The van der Waals surface area contributed by atoms with Crippen molar-refractivity contribution in [3.05, 3.63) is 30.0 Å². The highest BCUT2D eigenvalue weighted by Gasteiger charge is 1.99. The summed E-state index contributed by atoms with van der Waals surface area (Å²) in [5.41, 5.74) is 1.61. The van der Waals surface area contributed by atoms with Crippen LogP contribution in [0.25, 0.3) is 11.0 Å². The molecule has 4 nitrogen and oxygen atoms in total. The lowest BCUT2D eigenvalue weighted by molar-refractivity contribution is 0.267. The van der Waals surface area contributed by atoms with Gasteiger partial charge in [-0.2, -0.15) is 0 Å². The van der Waals surface area contributed by atoms with Crippen molar-refractivity contribution in [2.75, 3.05) is 0 Å². The average Bonchev–Trinajstić information content (AvgIpc) is 2.61. The Labute approximate surface area is 74.1 Å². The van der Waals surface area contributed by atoms with Gasteiger partial charge in [-0.05, 0) is 17.7 Å². The van der Waals surface area contributed by atoms with Gasteiger partial charge in [0.2, 0.25) is 0 Å². The van der Waals surface area contributed by atoms with Gasteiger partial charge in [-0.1, -0.05) is 11.2 Å². The van der Waals surface area contributed by atoms with E-state index in [9.17, 15) is 4.79 Å². The minimum atomic E-state index is 0.227. The number of nitrogens with zero attached hydrogens (tertiary/aromatic N) is 1. The Kier molecular flexibility index (Phi) is 1.96. The molecule has 1 aromatic heterocycles. The molecule has 0 amide bonds. The molecule has 0 aliphatic heterocycles. The summed E-state index contributed by atoms with van der Waals surface area (Å²) >= 11 is 0. The van der Waals surface area contributed by atoms with Crippen LogP contribution in [0.3, 0.4) is 0 Å². The summed E-state index contributed by atoms with van der Waals surface area (Å²) in [6, 6.07) is 5.44. The molecule has 0 saturated heterocycles. The summed E-state index contributed by atoms with van der Waals surface area (Å²) < 4.78 is 9.40. The lowest BCUT2D eigenvalue weighted by atomic mass is 10.2. The van der Waals surface area contributed by atoms with Crippen molar-refractivity contribution in [3.63, 3.8) is 0 Å². The van der Waals surface area contributed by atoms with Crippen molar-refractivity contribution in [1.82, 2.24) is 5.16 Å². The zero-order chi connectivity index (χ0) is 9.10. The van der Waals surface area contributed by atoms with Gasteiger partial charge in [0.1, 0.15) is 6.61 Å². The lowest BCUT2D eigenvalue weighted by Crippen LogP contribution is -1.88. The van der Waals surface area contributed by atoms with Crippen molar-refractivity contribution in [2.45, 2.75) is 6.61 Å². The quantitative estimate of drug-likeness (QED) is 0.709. The maximum Gasteiger partial charge on any atom is 0.417 e. The van der Waals surface area contributed by atoms with Crippen molar-refractivity contribution in [2.24, 2.45) is 0 Å². The Morgan fingerprint density at radius 2 is 2.46 bits per heavy atom. The van der Waals surface area contributed by atoms with E-state index in [1.165, 1.54) is 6.47 Å². The van der Waals surface area contributed by atoms with Crippen molar-refractivity contribution < 1.29 is 14.1 Å². The van der Waals surface area contributed by atoms with Gasteiger partial charge in [-0.3, -0.25) is 0 Å². The second-order valence-corrected chi connectivity index (χ2v) is 2.57. The average molecular weight is 176 g/mol. The Bertz CT molecular complexity index is 421. The van der Waals surface area contributed by atoms with Gasteiger partial charge < -0.3 is 9.26 Å². The third kappa shape index (κ3) is 1.51. The highest BCUT2D eigenvalue weighted by molar-refractivity contribution is 5.76. The number of benzene rings is 1. The van der Waals surface area contributed by atoms with Crippen molar-refractivity contribution in [3.8, 4) is 0 Å². The number of fused-ring (bicyclic) bond motifs is 1. The van der Waals surface area contributed by atoms with Gasteiger partial charge >= 0.3 is 6.47 Å². The predicted octanol–water partition coefficient (Wildman–Crippen LogP) is 1.41. The molecule has 0 bridgehead atoms. The molecule has 0 saturated carbocycles. The molecule has 4 heteroatoms. The number of aromatic nitrogens is 1. The van der Waals surface area contributed by atoms with Crippen LogP contribution in [0.4, 0.5) is 0 Å². The monoisotopic (exact) mass is 176 g/mol. The van der Waals surface area contributed by atoms with E-state index in [1.54, 1.807) is 12.3 Å². The molecule has 1 radical (unpaired) electrons. The van der Waals surface area contributed by atoms with Crippen molar-refractivity contribution >= 4 is 17.4 Å². The van der Waals surface area contributed by atoms with E-state index in [2.05, 4.69) is 9.89 Å². The van der Waals surface area contributed by atoms with Gasteiger partial charge in [0.05, 0.1) is 6.20 Å². The summed E-state index contributed by atoms with van der Waals surface area (Å²) in [6.07, 6.45) is 1.61. The third-order valence-electron chi connectivity index (χ3n) is 1.71. The fourth-order valence-corrected chi connectivity index (χ4v) is 1.12. The van der Waals surface area contributed by atoms with Crippen molar-refractivity contribution in [1.29, 1.82) is 0 Å². The van der Waals surface area contributed by atoms with Gasteiger partial charge in [-0.25, -0.2) is 4.79 Å². The molecule has 65 valence electrons. The molecule has 0 aliphatic carbocycles. The normalized spacial score (nSPS) is 10.2. The van der Waals surface area contributed by atoms with E-state index >= 15 is 0 Å². The molecular weight excluding hydrogens is 170 g/mol. The molecule has 2 aromatic rings. The summed E-state index contributed by atoms with van der Waals surface area (Å²) in [4.78, 5) is 9.81. The smallest absolute Gasteiger partial charge is 0.417 e. The zero-order valence-electron chi connectivity index (χ0n) is 6.69. The largest absolute Gasteiger partial charge is 0.452 e. The van der Waals surface area contributed by atoms with E-state index in [-0.39, 0.29) is 6.61 Å².